The van der Waals surface area contributed by atoms with Crippen molar-refractivity contribution in [1.82, 2.24) is 0 Å². The third-order valence-electron chi connectivity index (χ3n) is 2.20. The van der Waals surface area contributed by atoms with Crippen LogP contribution < -0.4 is 0 Å². The molecule has 10 heavy (non-hydrogen) atoms. The molecule has 1 aliphatic carbocycles. The van der Waals surface area contributed by atoms with Gasteiger partial charge < -0.3 is 4.74 Å². The Morgan fingerprint density at radius 2 is 2.00 bits per heavy atom. The SMILES string of the molecule is COC=C1CCC(C)CC1. The van der Waals surface area contributed by atoms with E-state index in [1.165, 1.54) is 31.3 Å². The van der Waals surface area contributed by atoms with Crippen molar-refractivity contribution in [3.05, 3.63) is 11.8 Å². The molecular formula is C9H16O. The normalized spacial score (nSPS) is 26.2. The first-order valence-electron chi connectivity index (χ1n) is 4.03. The summed E-state index contributed by atoms with van der Waals surface area (Å²) in [5.74, 6) is 0.925. The van der Waals surface area contributed by atoms with Gasteiger partial charge in [0.25, 0.3) is 0 Å². The Kier molecular flexibility index (Phi) is 2.79. The van der Waals surface area contributed by atoms with Gasteiger partial charge in [0.2, 0.25) is 0 Å². The summed E-state index contributed by atoms with van der Waals surface area (Å²) in [6.07, 6.45) is 7.08. The third kappa shape index (κ3) is 2.05. The molecule has 1 saturated carbocycles. The summed E-state index contributed by atoms with van der Waals surface area (Å²) >= 11 is 0. The van der Waals surface area contributed by atoms with E-state index in [0.29, 0.717) is 0 Å². The van der Waals surface area contributed by atoms with E-state index in [1.807, 2.05) is 6.26 Å². The Balaban J connectivity index is 2.32. The minimum atomic E-state index is 0.925. The van der Waals surface area contributed by atoms with E-state index in [9.17, 15) is 0 Å². The molecule has 0 aromatic rings. The van der Waals surface area contributed by atoms with Crippen molar-refractivity contribution in [1.29, 1.82) is 0 Å². The first-order chi connectivity index (χ1) is 4.83. The molecule has 58 valence electrons. The van der Waals surface area contributed by atoms with E-state index in [4.69, 9.17) is 4.74 Å². The van der Waals surface area contributed by atoms with Gasteiger partial charge in [0.05, 0.1) is 13.4 Å². The number of ether oxygens (including phenoxy) is 1. The highest BCUT2D eigenvalue weighted by atomic mass is 16.5. The molecular weight excluding hydrogens is 124 g/mol. The summed E-state index contributed by atoms with van der Waals surface area (Å²) < 4.78 is 4.95. The van der Waals surface area contributed by atoms with Gasteiger partial charge in [-0.3, -0.25) is 0 Å². The van der Waals surface area contributed by atoms with E-state index in [0.717, 1.165) is 5.92 Å². The fourth-order valence-electron chi connectivity index (χ4n) is 1.42. The average molecular weight is 140 g/mol. The van der Waals surface area contributed by atoms with Crippen LogP contribution in [-0.2, 0) is 4.74 Å². The Hall–Kier alpha value is -0.460. The lowest BCUT2D eigenvalue weighted by Gasteiger charge is -2.19. The predicted octanol–water partition coefficient (Wildman–Crippen LogP) is 2.73. The summed E-state index contributed by atoms with van der Waals surface area (Å²) in [4.78, 5) is 0. The summed E-state index contributed by atoms with van der Waals surface area (Å²) in [7, 11) is 1.73. The Labute approximate surface area is 63.1 Å². The first-order valence-corrected chi connectivity index (χ1v) is 4.03. The van der Waals surface area contributed by atoms with E-state index in [1.54, 1.807) is 7.11 Å². The maximum absolute atomic E-state index is 4.95. The van der Waals surface area contributed by atoms with Crippen LogP contribution in [0.4, 0.5) is 0 Å². The smallest absolute Gasteiger partial charge is 0.0816 e. The molecule has 0 bridgehead atoms. The van der Waals surface area contributed by atoms with Gasteiger partial charge in [0, 0.05) is 0 Å². The molecule has 1 heteroatoms. The van der Waals surface area contributed by atoms with Crippen molar-refractivity contribution in [3.63, 3.8) is 0 Å². The van der Waals surface area contributed by atoms with Crippen LogP contribution >= 0.6 is 0 Å². The Bertz CT molecular complexity index is 117. The molecule has 1 fully saturated rings. The minimum Gasteiger partial charge on any atom is -0.504 e. The van der Waals surface area contributed by atoms with Crippen molar-refractivity contribution in [2.45, 2.75) is 32.6 Å². The highest BCUT2D eigenvalue weighted by molar-refractivity contribution is 5.01. The number of allylic oxidation sites excluding steroid dienone is 1. The maximum Gasteiger partial charge on any atom is 0.0816 e. The lowest BCUT2D eigenvalue weighted by Crippen LogP contribution is -2.03. The molecule has 0 N–H and O–H groups in total. The Morgan fingerprint density at radius 3 is 2.50 bits per heavy atom. The molecule has 0 aromatic heterocycles. The summed E-state index contributed by atoms with van der Waals surface area (Å²) in [5.41, 5.74) is 1.49. The monoisotopic (exact) mass is 140 g/mol. The fourth-order valence-corrected chi connectivity index (χ4v) is 1.42. The number of rotatable bonds is 1. The van der Waals surface area contributed by atoms with Gasteiger partial charge in [-0.2, -0.15) is 0 Å². The molecule has 0 saturated heterocycles. The van der Waals surface area contributed by atoms with Gasteiger partial charge >= 0.3 is 0 Å². The summed E-state index contributed by atoms with van der Waals surface area (Å²) in [6.45, 7) is 2.32. The lowest BCUT2D eigenvalue weighted by molar-refractivity contribution is 0.323. The molecule has 0 spiro atoms. The van der Waals surface area contributed by atoms with Gasteiger partial charge in [-0.05, 0) is 37.2 Å². The van der Waals surface area contributed by atoms with Crippen molar-refractivity contribution < 1.29 is 4.74 Å². The lowest BCUT2D eigenvalue weighted by atomic mass is 9.88. The zero-order chi connectivity index (χ0) is 7.40. The maximum atomic E-state index is 4.95. The second kappa shape index (κ2) is 3.65. The zero-order valence-corrected chi connectivity index (χ0v) is 6.89. The molecule has 0 heterocycles. The molecule has 0 unspecified atom stereocenters. The molecule has 0 aromatic carbocycles. The highest BCUT2D eigenvalue weighted by Crippen LogP contribution is 2.27. The molecule has 0 atom stereocenters. The van der Waals surface area contributed by atoms with Crippen molar-refractivity contribution in [2.75, 3.05) is 7.11 Å². The van der Waals surface area contributed by atoms with Crippen LogP contribution in [-0.4, -0.2) is 7.11 Å². The molecule has 1 nitrogen and oxygen atoms in total. The van der Waals surface area contributed by atoms with Crippen LogP contribution in [0.2, 0.25) is 0 Å². The third-order valence-corrected chi connectivity index (χ3v) is 2.20. The fraction of sp³-hybridized carbons (Fsp3) is 0.778. The van der Waals surface area contributed by atoms with Crippen LogP contribution in [0.15, 0.2) is 11.8 Å². The Morgan fingerprint density at radius 1 is 1.40 bits per heavy atom. The van der Waals surface area contributed by atoms with Crippen LogP contribution in [0.1, 0.15) is 32.6 Å². The van der Waals surface area contributed by atoms with E-state index < -0.39 is 0 Å². The van der Waals surface area contributed by atoms with E-state index in [-0.39, 0.29) is 0 Å². The highest BCUT2D eigenvalue weighted by Gasteiger charge is 2.11. The van der Waals surface area contributed by atoms with Crippen molar-refractivity contribution in [3.8, 4) is 0 Å². The molecule has 1 aliphatic rings. The van der Waals surface area contributed by atoms with Gasteiger partial charge in [-0.15, -0.1) is 0 Å². The predicted molar refractivity (Wildman–Crippen MR) is 42.7 cm³/mol. The molecule has 0 radical (unpaired) electrons. The average Bonchev–Trinajstić information content (AvgIpc) is 1.95. The van der Waals surface area contributed by atoms with Gasteiger partial charge in [-0.1, -0.05) is 6.92 Å². The van der Waals surface area contributed by atoms with Crippen LogP contribution in [0.25, 0.3) is 0 Å². The van der Waals surface area contributed by atoms with Crippen LogP contribution in [0, 0.1) is 5.92 Å². The van der Waals surface area contributed by atoms with Crippen molar-refractivity contribution >= 4 is 0 Å². The van der Waals surface area contributed by atoms with Crippen LogP contribution in [0.3, 0.4) is 0 Å². The zero-order valence-electron chi connectivity index (χ0n) is 6.89. The number of hydrogen-bond acceptors (Lipinski definition) is 1. The standard InChI is InChI=1S/C9H16O/c1-8-3-5-9(6-4-8)7-10-2/h7-8H,3-6H2,1-2H3. The van der Waals surface area contributed by atoms with Crippen molar-refractivity contribution in [2.24, 2.45) is 5.92 Å². The molecule has 0 aliphatic heterocycles. The van der Waals surface area contributed by atoms with E-state index >= 15 is 0 Å². The largest absolute Gasteiger partial charge is 0.504 e. The summed E-state index contributed by atoms with van der Waals surface area (Å²) in [5, 5.41) is 0. The topological polar surface area (TPSA) is 9.23 Å². The van der Waals surface area contributed by atoms with E-state index in [2.05, 4.69) is 6.92 Å². The molecule has 1 rings (SSSR count). The van der Waals surface area contributed by atoms with Gasteiger partial charge in [0.15, 0.2) is 0 Å². The second-order valence-electron chi connectivity index (χ2n) is 3.19. The minimum absolute atomic E-state index is 0.925. The van der Waals surface area contributed by atoms with Gasteiger partial charge in [0.1, 0.15) is 0 Å². The van der Waals surface area contributed by atoms with Crippen LogP contribution in [0.5, 0.6) is 0 Å². The molecule has 0 amide bonds. The second-order valence-corrected chi connectivity index (χ2v) is 3.19. The quantitative estimate of drug-likeness (QED) is 0.509. The summed E-state index contributed by atoms with van der Waals surface area (Å²) in [6, 6.07) is 0. The first kappa shape index (κ1) is 7.64. The number of hydrogen-bond donors (Lipinski definition) is 0. The number of methoxy groups -OCH3 is 1. The van der Waals surface area contributed by atoms with Gasteiger partial charge in [-0.25, -0.2) is 0 Å².